The lowest BCUT2D eigenvalue weighted by molar-refractivity contribution is 0.203. The minimum Gasteiger partial charge on any atom is -0.330 e. The molecule has 0 aromatic carbocycles. The lowest BCUT2D eigenvalue weighted by Gasteiger charge is -2.36. The Morgan fingerprint density at radius 1 is 1.47 bits per heavy atom. The minimum atomic E-state index is -3.07. The molecule has 90 valence electrons. The van der Waals surface area contributed by atoms with Gasteiger partial charge in [-0.25, -0.2) is 12.7 Å². The summed E-state index contributed by atoms with van der Waals surface area (Å²) < 4.78 is 25.5. The van der Waals surface area contributed by atoms with Crippen LogP contribution < -0.4 is 5.73 Å². The molecule has 5 heteroatoms. The van der Waals surface area contributed by atoms with E-state index in [1.165, 1.54) is 0 Å². The van der Waals surface area contributed by atoms with Crippen LogP contribution in [0.2, 0.25) is 0 Å². The van der Waals surface area contributed by atoms with Crippen molar-refractivity contribution in [1.29, 1.82) is 0 Å². The zero-order valence-electron chi connectivity index (χ0n) is 9.81. The fourth-order valence-electron chi connectivity index (χ4n) is 2.04. The van der Waals surface area contributed by atoms with Crippen LogP contribution >= 0.6 is 0 Å². The van der Waals surface area contributed by atoms with E-state index >= 15 is 0 Å². The Labute approximate surface area is 92.9 Å². The van der Waals surface area contributed by atoms with Gasteiger partial charge in [-0.15, -0.1) is 0 Å². The predicted molar refractivity (Wildman–Crippen MR) is 62.0 cm³/mol. The molecule has 1 fully saturated rings. The molecule has 0 bridgehead atoms. The minimum absolute atomic E-state index is 0.320. The third kappa shape index (κ3) is 2.71. The Kier molecular flexibility index (Phi) is 4.14. The van der Waals surface area contributed by atoms with Crippen LogP contribution in [0.15, 0.2) is 0 Å². The summed E-state index contributed by atoms with van der Waals surface area (Å²) in [5, 5.41) is -0.320. The van der Waals surface area contributed by atoms with E-state index in [0.717, 1.165) is 6.42 Å². The van der Waals surface area contributed by atoms with E-state index in [1.54, 1.807) is 18.2 Å². The van der Waals surface area contributed by atoms with E-state index in [0.29, 0.717) is 31.5 Å². The van der Waals surface area contributed by atoms with Gasteiger partial charge in [0.2, 0.25) is 10.0 Å². The van der Waals surface area contributed by atoms with Crippen LogP contribution in [-0.2, 0) is 10.0 Å². The first-order valence-corrected chi connectivity index (χ1v) is 7.09. The average Bonchev–Trinajstić information content (AvgIpc) is 2.17. The van der Waals surface area contributed by atoms with Gasteiger partial charge in [0.05, 0.1) is 5.25 Å². The smallest absolute Gasteiger partial charge is 0.216 e. The van der Waals surface area contributed by atoms with E-state index in [-0.39, 0.29) is 5.25 Å². The van der Waals surface area contributed by atoms with E-state index in [2.05, 4.69) is 6.92 Å². The molecule has 2 atom stereocenters. The summed E-state index contributed by atoms with van der Waals surface area (Å²) in [6.07, 6.45) is 0.892. The van der Waals surface area contributed by atoms with Crippen molar-refractivity contribution in [2.75, 3.05) is 19.6 Å². The van der Waals surface area contributed by atoms with Crippen molar-refractivity contribution in [2.45, 2.75) is 32.4 Å². The molecule has 1 heterocycles. The fourth-order valence-corrected chi connectivity index (χ4v) is 3.43. The second-order valence-corrected chi connectivity index (χ2v) is 7.20. The topological polar surface area (TPSA) is 63.4 Å². The maximum absolute atomic E-state index is 11.9. The van der Waals surface area contributed by atoms with Gasteiger partial charge in [-0.05, 0) is 38.6 Å². The van der Waals surface area contributed by atoms with Crippen molar-refractivity contribution >= 4 is 10.0 Å². The molecule has 1 saturated heterocycles. The maximum atomic E-state index is 11.9. The Bertz CT molecular complexity index is 301. The van der Waals surface area contributed by atoms with Gasteiger partial charge in [0.15, 0.2) is 0 Å². The van der Waals surface area contributed by atoms with Crippen LogP contribution in [0.3, 0.4) is 0 Å². The monoisotopic (exact) mass is 234 g/mol. The quantitative estimate of drug-likeness (QED) is 0.779. The fraction of sp³-hybridized carbons (Fsp3) is 1.00. The first-order valence-electron chi connectivity index (χ1n) is 5.58. The number of sulfonamides is 1. The lowest BCUT2D eigenvalue weighted by atomic mass is 9.88. The van der Waals surface area contributed by atoms with Gasteiger partial charge in [-0.1, -0.05) is 6.92 Å². The van der Waals surface area contributed by atoms with Crippen LogP contribution in [-0.4, -0.2) is 37.6 Å². The highest BCUT2D eigenvalue weighted by Gasteiger charge is 2.33. The molecule has 0 amide bonds. The normalized spacial score (nSPS) is 29.7. The van der Waals surface area contributed by atoms with Crippen LogP contribution in [0.4, 0.5) is 0 Å². The molecule has 1 aliphatic rings. The van der Waals surface area contributed by atoms with Gasteiger partial charge in [-0.3, -0.25) is 0 Å². The van der Waals surface area contributed by atoms with Crippen molar-refractivity contribution in [3.05, 3.63) is 0 Å². The van der Waals surface area contributed by atoms with Crippen molar-refractivity contribution in [2.24, 2.45) is 17.6 Å². The zero-order chi connectivity index (χ0) is 11.6. The van der Waals surface area contributed by atoms with E-state index in [1.807, 2.05) is 0 Å². The van der Waals surface area contributed by atoms with E-state index in [4.69, 9.17) is 5.73 Å². The first kappa shape index (κ1) is 12.9. The summed E-state index contributed by atoms with van der Waals surface area (Å²) in [5.41, 5.74) is 5.64. The second-order valence-electron chi connectivity index (χ2n) is 4.71. The predicted octanol–water partition coefficient (Wildman–Crippen LogP) is 0.641. The number of hydrogen-bond donors (Lipinski definition) is 1. The lowest BCUT2D eigenvalue weighted by Crippen LogP contribution is -2.46. The average molecular weight is 234 g/mol. The summed E-state index contributed by atoms with van der Waals surface area (Å²) in [5.74, 6) is 0.848. The summed E-state index contributed by atoms with van der Waals surface area (Å²) in [7, 11) is -3.07. The van der Waals surface area contributed by atoms with Gasteiger partial charge in [0, 0.05) is 13.1 Å². The zero-order valence-corrected chi connectivity index (χ0v) is 10.6. The Morgan fingerprint density at radius 3 is 2.47 bits per heavy atom. The third-order valence-electron chi connectivity index (χ3n) is 3.30. The van der Waals surface area contributed by atoms with Crippen LogP contribution in [0, 0.1) is 11.8 Å². The van der Waals surface area contributed by atoms with E-state index < -0.39 is 10.0 Å². The largest absolute Gasteiger partial charge is 0.330 e. The molecule has 0 aromatic rings. The van der Waals surface area contributed by atoms with Gasteiger partial charge in [0.25, 0.3) is 0 Å². The Balaban J connectivity index is 2.70. The van der Waals surface area contributed by atoms with Gasteiger partial charge < -0.3 is 5.73 Å². The molecule has 0 radical (unpaired) electrons. The molecule has 0 saturated carbocycles. The summed E-state index contributed by atoms with van der Waals surface area (Å²) in [4.78, 5) is 0. The number of rotatable bonds is 3. The van der Waals surface area contributed by atoms with E-state index in [9.17, 15) is 8.42 Å². The SMILES string of the molecule is CC1CN(S(=O)(=O)C(C)C)CCC1CN. The number of piperidine rings is 1. The van der Waals surface area contributed by atoms with Gasteiger partial charge in [-0.2, -0.15) is 0 Å². The molecular weight excluding hydrogens is 212 g/mol. The molecule has 4 nitrogen and oxygen atoms in total. The molecule has 2 N–H and O–H groups in total. The summed E-state index contributed by atoms with van der Waals surface area (Å²) >= 11 is 0. The van der Waals surface area contributed by atoms with Crippen molar-refractivity contribution < 1.29 is 8.42 Å². The number of hydrogen-bond acceptors (Lipinski definition) is 3. The molecule has 0 aromatic heterocycles. The highest BCUT2D eigenvalue weighted by molar-refractivity contribution is 7.89. The molecule has 15 heavy (non-hydrogen) atoms. The molecule has 1 rings (SSSR count). The molecule has 2 unspecified atom stereocenters. The highest BCUT2D eigenvalue weighted by Crippen LogP contribution is 2.25. The third-order valence-corrected chi connectivity index (χ3v) is 5.55. The molecular formula is C10H22N2O2S. The van der Waals surface area contributed by atoms with Crippen molar-refractivity contribution in [1.82, 2.24) is 4.31 Å². The molecule has 0 spiro atoms. The first-order chi connectivity index (χ1) is 6.89. The van der Waals surface area contributed by atoms with Crippen LogP contribution in [0.25, 0.3) is 0 Å². The molecule has 0 aliphatic carbocycles. The summed E-state index contributed by atoms with van der Waals surface area (Å²) in [6.45, 7) is 7.47. The second kappa shape index (κ2) is 4.80. The standard InChI is InChI=1S/C10H22N2O2S/c1-8(2)15(13,14)12-5-4-10(6-11)9(3)7-12/h8-10H,4-7,11H2,1-3H3. The van der Waals surface area contributed by atoms with Crippen LogP contribution in [0.5, 0.6) is 0 Å². The number of nitrogens with zero attached hydrogens (tertiary/aromatic N) is 1. The summed E-state index contributed by atoms with van der Waals surface area (Å²) in [6, 6.07) is 0. The maximum Gasteiger partial charge on any atom is 0.216 e. The Morgan fingerprint density at radius 2 is 2.07 bits per heavy atom. The Hall–Kier alpha value is -0.130. The van der Waals surface area contributed by atoms with Gasteiger partial charge >= 0.3 is 0 Å². The number of nitrogens with two attached hydrogens (primary N) is 1. The van der Waals surface area contributed by atoms with Crippen molar-refractivity contribution in [3.8, 4) is 0 Å². The van der Waals surface area contributed by atoms with Crippen molar-refractivity contribution in [3.63, 3.8) is 0 Å². The molecule has 1 aliphatic heterocycles. The van der Waals surface area contributed by atoms with Gasteiger partial charge in [0.1, 0.15) is 0 Å². The highest BCUT2D eigenvalue weighted by atomic mass is 32.2. The van der Waals surface area contributed by atoms with Crippen LogP contribution in [0.1, 0.15) is 27.2 Å².